The fraction of sp³-hybridized carbons (Fsp3) is 0.364. The van der Waals surface area contributed by atoms with E-state index in [1.807, 2.05) is 0 Å². The monoisotopic (exact) mass is 174 g/mol. The number of hydrogen-bond acceptors (Lipinski definition) is 2. The fourth-order valence-corrected chi connectivity index (χ4v) is 1.57. The van der Waals surface area contributed by atoms with Crippen molar-refractivity contribution < 1.29 is 0 Å². The average Bonchev–Trinajstić information content (AvgIpc) is 2.61. The van der Waals surface area contributed by atoms with Gasteiger partial charge in [-0.3, -0.25) is 4.99 Å². The molecule has 68 valence electrons. The molecule has 0 fully saturated rings. The first-order valence-electron chi connectivity index (χ1n) is 4.63. The van der Waals surface area contributed by atoms with Crippen LogP contribution >= 0.6 is 0 Å². The third-order valence-corrected chi connectivity index (χ3v) is 2.32. The van der Waals surface area contributed by atoms with Gasteiger partial charge in [0.25, 0.3) is 0 Å². The second-order valence-electron chi connectivity index (χ2n) is 3.48. The molecule has 1 heterocycles. The molecule has 0 saturated carbocycles. The van der Waals surface area contributed by atoms with E-state index in [9.17, 15) is 0 Å². The summed E-state index contributed by atoms with van der Waals surface area (Å²) in [5, 5.41) is 3.29. The van der Waals surface area contributed by atoms with Crippen molar-refractivity contribution in [2.24, 2.45) is 4.99 Å². The highest BCUT2D eigenvalue weighted by Gasteiger charge is 2.09. The molecule has 0 radical (unpaired) electrons. The van der Waals surface area contributed by atoms with Crippen LogP contribution in [0.15, 0.2) is 23.2 Å². The molecular weight excluding hydrogens is 160 g/mol. The molecule has 0 amide bonds. The van der Waals surface area contributed by atoms with Crippen LogP contribution in [0.1, 0.15) is 16.7 Å². The Morgan fingerprint density at radius 1 is 1.31 bits per heavy atom. The van der Waals surface area contributed by atoms with Crippen LogP contribution in [0.2, 0.25) is 0 Å². The summed E-state index contributed by atoms with van der Waals surface area (Å²) in [4.78, 5) is 4.41. The maximum Gasteiger partial charge on any atom is 0.128 e. The molecule has 0 bridgehead atoms. The van der Waals surface area contributed by atoms with Gasteiger partial charge in [0.1, 0.15) is 5.84 Å². The van der Waals surface area contributed by atoms with Gasteiger partial charge in [-0.2, -0.15) is 0 Å². The molecule has 1 aromatic carbocycles. The summed E-state index contributed by atoms with van der Waals surface area (Å²) in [6.45, 7) is 6.11. The summed E-state index contributed by atoms with van der Waals surface area (Å²) < 4.78 is 0. The zero-order valence-corrected chi connectivity index (χ0v) is 8.09. The van der Waals surface area contributed by atoms with Gasteiger partial charge in [0.2, 0.25) is 0 Å². The van der Waals surface area contributed by atoms with Crippen LogP contribution in [-0.4, -0.2) is 18.9 Å². The number of nitrogens with zero attached hydrogens (tertiary/aromatic N) is 1. The summed E-state index contributed by atoms with van der Waals surface area (Å²) in [5.41, 5.74) is 3.83. The summed E-state index contributed by atoms with van der Waals surface area (Å²) in [6, 6.07) is 6.47. The molecular formula is C11H14N2. The Bertz CT molecular complexity index is 353. The molecule has 0 atom stereocenters. The van der Waals surface area contributed by atoms with E-state index in [1.54, 1.807) is 0 Å². The summed E-state index contributed by atoms with van der Waals surface area (Å²) >= 11 is 0. The molecule has 2 heteroatoms. The van der Waals surface area contributed by atoms with Gasteiger partial charge in [-0.25, -0.2) is 0 Å². The third-order valence-electron chi connectivity index (χ3n) is 2.32. The fourth-order valence-electron chi connectivity index (χ4n) is 1.57. The van der Waals surface area contributed by atoms with Gasteiger partial charge in [-0.05, 0) is 25.5 Å². The molecule has 1 aromatic rings. The molecule has 13 heavy (non-hydrogen) atoms. The summed E-state index contributed by atoms with van der Waals surface area (Å²) in [6.07, 6.45) is 0. The molecule has 2 nitrogen and oxygen atoms in total. The van der Waals surface area contributed by atoms with Crippen molar-refractivity contribution in [1.29, 1.82) is 0 Å². The van der Waals surface area contributed by atoms with E-state index in [1.165, 1.54) is 16.7 Å². The van der Waals surface area contributed by atoms with Gasteiger partial charge in [0.05, 0.1) is 6.54 Å². The number of rotatable bonds is 1. The predicted octanol–water partition coefficient (Wildman–Crippen LogP) is 1.65. The molecule has 0 spiro atoms. The van der Waals surface area contributed by atoms with Gasteiger partial charge in [-0.15, -0.1) is 0 Å². The minimum absolute atomic E-state index is 0.905. The number of aliphatic imine (C=N–C) groups is 1. The summed E-state index contributed by atoms with van der Waals surface area (Å²) in [5.74, 6) is 1.06. The van der Waals surface area contributed by atoms with Gasteiger partial charge in [0, 0.05) is 12.1 Å². The highest BCUT2D eigenvalue weighted by Crippen LogP contribution is 2.12. The van der Waals surface area contributed by atoms with Crippen molar-refractivity contribution in [2.45, 2.75) is 13.8 Å². The Labute approximate surface area is 78.7 Å². The lowest BCUT2D eigenvalue weighted by Gasteiger charge is -2.07. The van der Waals surface area contributed by atoms with Crippen LogP contribution in [0.3, 0.4) is 0 Å². The van der Waals surface area contributed by atoms with Crippen molar-refractivity contribution >= 4 is 5.84 Å². The highest BCUT2D eigenvalue weighted by molar-refractivity contribution is 6.01. The topological polar surface area (TPSA) is 24.4 Å². The lowest BCUT2D eigenvalue weighted by Crippen LogP contribution is -2.20. The standard InChI is InChI=1S/C11H14N2/c1-8-3-4-9(2)10(7-8)11-12-5-6-13-11/h3-4,7H,5-6H2,1-2H3,(H,12,13). The van der Waals surface area contributed by atoms with Gasteiger partial charge in [-0.1, -0.05) is 17.7 Å². The quantitative estimate of drug-likeness (QED) is 0.688. The molecule has 1 N–H and O–H groups in total. The van der Waals surface area contributed by atoms with Crippen molar-refractivity contribution in [1.82, 2.24) is 5.32 Å². The van der Waals surface area contributed by atoms with Gasteiger partial charge < -0.3 is 5.32 Å². The number of hydrogen-bond donors (Lipinski definition) is 1. The minimum atomic E-state index is 0.905. The number of nitrogens with one attached hydrogen (secondary N) is 1. The van der Waals surface area contributed by atoms with E-state index < -0.39 is 0 Å². The van der Waals surface area contributed by atoms with Crippen LogP contribution < -0.4 is 5.32 Å². The lowest BCUT2D eigenvalue weighted by atomic mass is 10.1. The minimum Gasteiger partial charge on any atom is -0.368 e. The first-order valence-corrected chi connectivity index (χ1v) is 4.63. The van der Waals surface area contributed by atoms with Crippen LogP contribution in [0, 0.1) is 13.8 Å². The molecule has 0 unspecified atom stereocenters. The van der Waals surface area contributed by atoms with Crippen molar-refractivity contribution in [3.8, 4) is 0 Å². The van der Waals surface area contributed by atoms with E-state index in [2.05, 4.69) is 42.4 Å². The van der Waals surface area contributed by atoms with E-state index in [-0.39, 0.29) is 0 Å². The number of amidine groups is 1. The van der Waals surface area contributed by atoms with Crippen molar-refractivity contribution in [2.75, 3.05) is 13.1 Å². The van der Waals surface area contributed by atoms with Gasteiger partial charge >= 0.3 is 0 Å². The second kappa shape index (κ2) is 3.21. The van der Waals surface area contributed by atoms with Crippen molar-refractivity contribution in [3.63, 3.8) is 0 Å². The smallest absolute Gasteiger partial charge is 0.128 e. The Morgan fingerprint density at radius 3 is 2.85 bits per heavy atom. The Balaban J connectivity index is 2.43. The molecule has 1 aliphatic heterocycles. The molecule has 1 aliphatic rings. The Morgan fingerprint density at radius 2 is 2.15 bits per heavy atom. The maximum absolute atomic E-state index is 4.41. The van der Waals surface area contributed by atoms with E-state index in [4.69, 9.17) is 0 Å². The van der Waals surface area contributed by atoms with E-state index in [0.29, 0.717) is 0 Å². The number of benzene rings is 1. The lowest BCUT2D eigenvalue weighted by molar-refractivity contribution is 0.959. The van der Waals surface area contributed by atoms with Crippen molar-refractivity contribution in [3.05, 3.63) is 34.9 Å². The van der Waals surface area contributed by atoms with Crippen LogP contribution in [0.25, 0.3) is 0 Å². The first-order chi connectivity index (χ1) is 6.27. The first kappa shape index (κ1) is 8.30. The van der Waals surface area contributed by atoms with Gasteiger partial charge in [0.15, 0.2) is 0 Å². The summed E-state index contributed by atoms with van der Waals surface area (Å²) in [7, 11) is 0. The highest BCUT2D eigenvalue weighted by atomic mass is 15.1. The Hall–Kier alpha value is -1.31. The average molecular weight is 174 g/mol. The van der Waals surface area contributed by atoms with Crippen LogP contribution in [0.5, 0.6) is 0 Å². The SMILES string of the molecule is Cc1ccc(C)c(C2=NCCN2)c1. The largest absolute Gasteiger partial charge is 0.368 e. The second-order valence-corrected chi connectivity index (χ2v) is 3.48. The molecule has 0 aliphatic carbocycles. The third kappa shape index (κ3) is 1.57. The zero-order valence-electron chi connectivity index (χ0n) is 8.09. The van der Waals surface area contributed by atoms with E-state index in [0.717, 1.165) is 18.9 Å². The van der Waals surface area contributed by atoms with E-state index >= 15 is 0 Å². The zero-order chi connectivity index (χ0) is 9.26. The molecule has 2 rings (SSSR count). The Kier molecular flexibility index (Phi) is 2.05. The van der Waals surface area contributed by atoms with Crippen LogP contribution in [-0.2, 0) is 0 Å². The predicted molar refractivity (Wildman–Crippen MR) is 55.3 cm³/mol. The molecule has 0 saturated heterocycles. The number of aryl methyl sites for hydroxylation is 2. The van der Waals surface area contributed by atoms with Crippen LogP contribution in [0.4, 0.5) is 0 Å². The molecule has 0 aromatic heterocycles. The normalized spacial score (nSPS) is 15.4. The maximum atomic E-state index is 4.41.